The zero-order valence-electron chi connectivity index (χ0n) is 12.3. The molecule has 19 heavy (non-hydrogen) atoms. The van der Waals surface area contributed by atoms with Crippen LogP contribution in [0.3, 0.4) is 0 Å². The molecule has 0 aromatic carbocycles. The Bertz CT molecular complexity index is 282. The third-order valence-corrected chi connectivity index (χ3v) is 4.63. The number of amides is 1. The SMILES string of the molecule is C=C[C@H](CC)CC1(CCCNC(=O)O)CCCCC1. The Kier molecular flexibility index (Phi) is 6.96. The fourth-order valence-electron chi connectivity index (χ4n) is 3.47. The molecule has 3 heteroatoms. The number of hydrogen-bond donors (Lipinski definition) is 2. The molecule has 0 radical (unpaired) electrons. The van der Waals surface area contributed by atoms with Gasteiger partial charge in [0.05, 0.1) is 0 Å². The van der Waals surface area contributed by atoms with Crippen molar-refractivity contribution in [3.63, 3.8) is 0 Å². The van der Waals surface area contributed by atoms with Crippen LogP contribution < -0.4 is 5.32 Å². The van der Waals surface area contributed by atoms with Gasteiger partial charge in [0, 0.05) is 6.54 Å². The van der Waals surface area contributed by atoms with Gasteiger partial charge in [-0.15, -0.1) is 6.58 Å². The second-order valence-corrected chi connectivity index (χ2v) is 6.00. The first-order valence-corrected chi connectivity index (χ1v) is 7.71. The van der Waals surface area contributed by atoms with Crippen molar-refractivity contribution >= 4 is 6.09 Å². The molecule has 1 saturated carbocycles. The molecule has 0 bridgehead atoms. The van der Waals surface area contributed by atoms with Gasteiger partial charge in [-0.1, -0.05) is 32.3 Å². The Hall–Kier alpha value is -0.990. The smallest absolute Gasteiger partial charge is 0.404 e. The van der Waals surface area contributed by atoms with E-state index in [1.54, 1.807) is 0 Å². The Morgan fingerprint density at radius 1 is 1.42 bits per heavy atom. The molecule has 0 aromatic heterocycles. The molecule has 0 saturated heterocycles. The lowest BCUT2D eigenvalue weighted by molar-refractivity contribution is 0.133. The summed E-state index contributed by atoms with van der Waals surface area (Å²) in [6.07, 6.45) is 12.4. The number of allylic oxidation sites excluding steroid dienone is 1. The van der Waals surface area contributed by atoms with Gasteiger partial charge in [-0.3, -0.25) is 0 Å². The average molecular weight is 267 g/mol. The summed E-state index contributed by atoms with van der Waals surface area (Å²) in [6.45, 7) is 6.77. The van der Waals surface area contributed by atoms with Crippen molar-refractivity contribution in [2.45, 2.75) is 64.7 Å². The molecule has 1 aliphatic rings. The highest BCUT2D eigenvalue weighted by atomic mass is 16.4. The van der Waals surface area contributed by atoms with Gasteiger partial charge in [0.2, 0.25) is 0 Å². The Labute approximate surface area is 117 Å². The van der Waals surface area contributed by atoms with Crippen LogP contribution >= 0.6 is 0 Å². The van der Waals surface area contributed by atoms with Crippen molar-refractivity contribution in [1.29, 1.82) is 0 Å². The Balaban J connectivity index is 2.49. The highest BCUT2D eigenvalue weighted by Crippen LogP contribution is 2.45. The monoisotopic (exact) mass is 267 g/mol. The highest BCUT2D eigenvalue weighted by molar-refractivity contribution is 5.64. The maximum Gasteiger partial charge on any atom is 0.404 e. The molecule has 3 nitrogen and oxygen atoms in total. The molecule has 0 unspecified atom stereocenters. The van der Waals surface area contributed by atoms with E-state index in [4.69, 9.17) is 5.11 Å². The molecule has 1 rings (SSSR count). The van der Waals surface area contributed by atoms with Crippen molar-refractivity contribution in [2.24, 2.45) is 11.3 Å². The van der Waals surface area contributed by atoms with Crippen LogP contribution in [0.25, 0.3) is 0 Å². The second kappa shape index (κ2) is 8.23. The van der Waals surface area contributed by atoms with Gasteiger partial charge in [0.15, 0.2) is 0 Å². The first-order valence-electron chi connectivity index (χ1n) is 7.71. The minimum atomic E-state index is -0.907. The summed E-state index contributed by atoms with van der Waals surface area (Å²) in [5, 5.41) is 11.1. The first-order chi connectivity index (χ1) is 9.12. The summed E-state index contributed by atoms with van der Waals surface area (Å²) in [5.74, 6) is 0.616. The van der Waals surface area contributed by atoms with Crippen LogP contribution in [-0.2, 0) is 0 Å². The highest BCUT2D eigenvalue weighted by Gasteiger charge is 2.32. The summed E-state index contributed by atoms with van der Waals surface area (Å²) in [6, 6.07) is 0. The molecular weight excluding hydrogens is 238 g/mol. The van der Waals surface area contributed by atoms with Crippen LogP contribution in [0.4, 0.5) is 4.79 Å². The molecule has 0 aromatic rings. The van der Waals surface area contributed by atoms with Gasteiger partial charge < -0.3 is 10.4 Å². The third kappa shape index (κ3) is 5.66. The van der Waals surface area contributed by atoms with E-state index in [9.17, 15) is 4.79 Å². The molecule has 1 atom stereocenters. The van der Waals surface area contributed by atoms with Gasteiger partial charge in [0.1, 0.15) is 0 Å². The second-order valence-electron chi connectivity index (χ2n) is 6.00. The fraction of sp³-hybridized carbons (Fsp3) is 0.812. The molecule has 0 aliphatic heterocycles. The average Bonchev–Trinajstić information content (AvgIpc) is 2.42. The van der Waals surface area contributed by atoms with Crippen molar-refractivity contribution in [3.8, 4) is 0 Å². The van der Waals surface area contributed by atoms with E-state index in [0.717, 1.165) is 12.8 Å². The molecule has 2 N–H and O–H groups in total. The number of hydrogen-bond acceptors (Lipinski definition) is 1. The Morgan fingerprint density at radius 3 is 2.63 bits per heavy atom. The lowest BCUT2D eigenvalue weighted by Crippen LogP contribution is -2.29. The van der Waals surface area contributed by atoms with E-state index in [0.29, 0.717) is 17.9 Å². The molecule has 0 heterocycles. The quantitative estimate of drug-likeness (QED) is 0.499. The maximum atomic E-state index is 10.5. The van der Waals surface area contributed by atoms with Crippen molar-refractivity contribution in [3.05, 3.63) is 12.7 Å². The topological polar surface area (TPSA) is 49.3 Å². The standard InChI is InChI=1S/C16H29NO2/c1-3-14(4-2)13-16(9-6-5-7-10-16)11-8-12-17-15(18)19/h3,14,17H,1,4-13H2,2H3,(H,18,19)/t14-/m1/s1. The lowest BCUT2D eigenvalue weighted by Gasteiger charge is -2.39. The number of rotatable bonds is 8. The molecule has 110 valence electrons. The van der Waals surface area contributed by atoms with Crippen LogP contribution in [0.2, 0.25) is 0 Å². The van der Waals surface area contributed by atoms with E-state index >= 15 is 0 Å². The minimum absolute atomic E-state index is 0.438. The fourth-order valence-corrected chi connectivity index (χ4v) is 3.47. The van der Waals surface area contributed by atoms with Crippen LogP contribution in [0.15, 0.2) is 12.7 Å². The minimum Gasteiger partial charge on any atom is -0.465 e. The molecular formula is C16H29NO2. The normalized spacial score (nSPS) is 19.6. The number of carbonyl (C=O) groups is 1. The third-order valence-electron chi connectivity index (χ3n) is 4.63. The van der Waals surface area contributed by atoms with E-state index in [1.165, 1.54) is 44.9 Å². The van der Waals surface area contributed by atoms with Crippen LogP contribution in [0.1, 0.15) is 64.7 Å². The molecule has 1 amide bonds. The van der Waals surface area contributed by atoms with Crippen molar-refractivity contribution in [2.75, 3.05) is 6.54 Å². The van der Waals surface area contributed by atoms with Crippen molar-refractivity contribution < 1.29 is 9.90 Å². The zero-order chi connectivity index (χ0) is 14.1. The largest absolute Gasteiger partial charge is 0.465 e. The van der Waals surface area contributed by atoms with Gasteiger partial charge >= 0.3 is 6.09 Å². The number of nitrogens with one attached hydrogen (secondary N) is 1. The number of carboxylic acid groups (broad SMARTS) is 1. The van der Waals surface area contributed by atoms with Gasteiger partial charge in [-0.25, -0.2) is 4.79 Å². The summed E-state index contributed by atoms with van der Waals surface area (Å²) in [7, 11) is 0. The predicted molar refractivity (Wildman–Crippen MR) is 79.4 cm³/mol. The maximum absolute atomic E-state index is 10.5. The molecule has 1 fully saturated rings. The molecule has 0 spiro atoms. The lowest BCUT2D eigenvalue weighted by atomic mass is 9.66. The van der Waals surface area contributed by atoms with Crippen LogP contribution in [-0.4, -0.2) is 17.7 Å². The van der Waals surface area contributed by atoms with E-state index in [2.05, 4.69) is 24.9 Å². The first kappa shape index (κ1) is 16.1. The van der Waals surface area contributed by atoms with Crippen LogP contribution in [0.5, 0.6) is 0 Å². The van der Waals surface area contributed by atoms with Gasteiger partial charge in [-0.05, 0) is 49.9 Å². The summed E-state index contributed by atoms with van der Waals surface area (Å²) >= 11 is 0. The summed E-state index contributed by atoms with van der Waals surface area (Å²) in [5.41, 5.74) is 0.438. The molecule has 1 aliphatic carbocycles. The van der Waals surface area contributed by atoms with E-state index in [1.807, 2.05) is 0 Å². The zero-order valence-corrected chi connectivity index (χ0v) is 12.3. The summed E-state index contributed by atoms with van der Waals surface area (Å²) < 4.78 is 0. The van der Waals surface area contributed by atoms with Crippen LogP contribution in [0, 0.1) is 11.3 Å². The van der Waals surface area contributed by atoms with Gasteiger partial charge in [0.25, 0.3) is 0 Å². The predicted octanol–water partition coefficient (Wildman–Crippen LogP) is 4.59. The van der Waals surface area contributed by atoms with E-state index in [-0.39, 0.29) is 0 Å². The van der Waals surface area contributed by atoms with Crippen molar-refractivity contribution in [1.82, 2.24) is 5.32 Å². The summed E-state index contributed by atoms with van der Waals surface area (Å²) in [4.78, 5) is 10.5. The van der Waals surface area contributed by atoms with E-state index < -0.39 is 6.09 Å². The van der Waals surface area contributed by atoms with Gasteiger partial charge in [-0.2, -0.15) is 0 Å². The Morgan fingerprint density at radius 2 is 2.11 bits per heavy atom.